The zero-order valence-electron chi connectivity index (χ0n) is 21.0. The third kappa shape index (κ3) is 5.20. The lowest BCUT2D eigenvalue weighted by Crippen LogP contribution is -2.49. The van der Waals surface area contributed by atoms with Crippen molar-refractivity contribution >= 4 is 34.2 Å². The number of piperazine rings is 1. The molecule has 2 aromatic carbocycles. The number of nitrogens with one attached hydrogen (secondary N) is 1. The molecule has 36 heavy (non-hydrogen) atoms. The van der Waals surface area contributed by atoms with E-state index in [1.807, 2.05) is 67.3 Å². The Morgan fingerprint density at radius 2 is 1.69 bits per heavy atom. The maximum atomic E-state index is 13.4. The van der Waals surface area contributed by atoms with Gasteiger partial charge in [0.2, 0.25) is 5.91 Å². The molecule has 2 amide bonds. The summed E-state index contributed by atoms with van der Waals surface area (Å²) >= 11 is 0. The molecule has 0 spiro atoms. The highest BCUT2D eigenvalue weighted by molar-refractivity contribution is 6.07. The number of anilines is 2. The molecule has 8 nitrogen and oxygen atoms in total. The van der Waals surface area contributed by atoms with Crippen LogP contribution in [0.3, 0.4) is 0 Å². The highest BCUT2D eigenvalue weighted by Gasteiger charge is 2.25. The van der Waals surface area contributed by atoms with Crippen LogP contribution in [0.4, 0.5) is 11.5 Å². The number of nitrogens with zero attached hydrogens (tertiary/aromatic N) is 4. The topological polar surface area (TPSA) is 78.0 Å². The number of hydrogen-bond acceptors (Lipinski definition) is 6. The van der Waals surface area contributed by atoms with E-state index in [-0.39, 0.29) is 11.8 Å². The van der Waals surface area contributed by atoms with Crippen molar-refractivity contribution in [1.29, 1.82) is 0 Å². The van der Waals surface area contributed by atoms with Crippen LogP contribution in [0.25, 0.3) is 10.9 Å². The number of aryl methyl sites for hydroxylation is 1. The molecule has 3 heterocycles. The molecule has 2 aliphatic heterocycles. The lowest BCUT2D eigenvalue weighted by atomic mass is 10.1. The van der Waals surface area contributed by atoms with Crippen molar-refractivity contribution in [1.82, 2.24) is 14.8 Å². The molecule has 0 saturated carbocycles. The van der Waals surface area contributed by atoms with Gasteiger partial charge in [0.25, 0.3) is 5.91 Å². The third-order valence-electron chi connectivity index (χ3n) is 7.17. The maximum Gasteiger partial charge on any atom is 0.254 e. The van der Waals surface area contributed by atoms with Gasteiger partial charge in [-0.05, 0) is 43.2 Å². The quantitative estimate of drug-likeness (QED) is 0.596. The summed E-state index contributed by atoms with van der Waals surface area (Å²) in [5.41, 5.74) is 4.64. The third-order valence-corrected chi connectivity index (χ3v) is 7.17. The van der Waals surface area contributed by atoms with Crippen LogP contribution in [-0.4, -0.2) is 85.6 Å². The van der Waals surface area contributed by atoms with Gasteiger partial charge in [-0.15, -0.1) is 0 Å². The largest absolute Gasteiger partial charge is 0.378 e. The molecule has 0 unspecified atom stereocenters. The molecule has 2 fully saturated rings. The normalized spacial score (nSPS) is 16.8. The predicted octanol–water partition coefficient (Wildman–Crippen LogP) is 3.08. The minimum Gasteiger partial charge on any atom is -0.378 e. The van der Waals surface area contributed by atoms with Gasteiger partial charge in [0.05, 0.1) is 30.8 Å². The van der Waals surface area contributed by atoms with Crippen molar-refractivity contribution in [2.75, 3.05) is 69.2 Å². The second kappa shape index (κ2) is 10.6. The van der Waals surface area contributed by atoms with Crippen molar-refractivity contribution in [3.8, 4) is 0 Å². The van der Waals surface area contributed by atoms with E-state index in [1.165, 1.54) is 0 Å². The summed E-state index contributed by atoms with van der Waals surface area (Å²) in [6.45, 7) is 9.77. The number of amides is 2. The molecule has 8 heteroatoms. The summed E-state index contributed by atoms with van der Waals surface area (Å²) < 4.78 is 5.43. The highest BCUT2D eigenvalue weighted by atomic mass is 16.5. The van der Waals surface area contributed by atoms with Gasteiger partial charge >= 0.3 is 0 Å². The average Bonchev–Trinajstić information content (AvgIpc) is 2.91. The van der Waals surface area contributed by atoms with Crippen LogP contribution in [0.1, 0.15) is 21.5 Å². The van der Waals surface area contributed by atoms with E-state index in [1.54, 1.807) is 0 Å². The van der Waals surface area contributed by atoms with Crippen LogP contribution in [0.2, 0.25) is 0 Å². The van der Waals surface area contributed by atoms with Crippen molar-refractivity contribution in [2.24, 2.45) is 0 Å². The fraction of sp³-hybridized carbons (Fsp3) is 0.393. The van der Waals surface area contributed by atoms with Crippen LogP contribution in [-0.2, 0) is 9.53 Å². The van der Waals surface area contributed by atoms with Gasteiger partial charge in [0.1, 0.15) is 5.82 Å². The molecule has 5 rings (SSSR count). The van der Waals surface area contributed by atoms with E-state index in [0.29, 0.717) is 38.4 Å². The summed E-state index contributed by atoms with van der Waals surface area (Å²) in [5.74, 6) is 0.837. The molecule has 1 aromatic heterocycles. The van der Waals surface area contributed by atoms with Gasteiger partial charge in [0.15, 0.2) is 0 Å². The smallest absolute Gasteiger partial charge is 0.254 e. The van der Waals surface area contributed by atoms with Gasteiger partial charge in [-0.3, -0.25) is 14.5 Å². The number of carbonyl (C=O) groups excluding carboxylic acids is 2. The van der Waals surface area contributed by atoms with Crippen molar-refractivity contribution in [3.63, 3.8) is 0 Å². The number of morpholine rings is 1. The lowest BCUT2D eigenvalue weighted by molar-refractivity contribution is -0.117. The number of fused-ring (bicyclic) bond motifs is 1. The Morgan fingerprint density at radius 3 is 2.47 bits per heavy atom. The highest BCUT2D eigenvalue weighted by Crippen LogP contribution is 2.25. The maximum absolute atomic E-state index is 13.4. The Labute approximate surface area is 211 Å². The van der Waals surface area contributed by atoms with Gasteiger partial charge < -0.3 is 19.9 Å². The first kappa shape index (κ1) is 24.2. The molecule has 0 bridgehead atoms. The molecular weight excluding hydrogens is 454 g/mol. The van der Waals surface area contributed by atoms with E-state index >= 15 is 0 Å². The van der Waals surface area contributed by atoms with E-state index in [2.05, 4.69) is 15.1 Å². The second-order valence-electron chi connectivity index (χ2n) is 9.51. The van der Waals surface area contributed by atoms with E-state index in [0.717, 1.165) is 59.7 Å². The summed E-state index contributed by atoms with van der Waals surface area (Å²) in [6.07, 6.45) is 0. The molecular formula is C28H33N5O3. The van der Waals surface area contributed by atoms with Crippen molar-refractivity contribution < 1.29 is 14.3 Å². The zero-order chi connectivity index (χ0) is 25.1. The van der Waals surface area contributed by atoms with E-state index in [9.17, 15) is 9.59 Å². The van der Waals surface area contributed by atoms with Gasteiger partial charge in [-0.25, -0.2) is 4.98 Å². The number of carbonyl (C=O) groups is 2. The molecule has 3 aromatic rings. The summed E-state index contributed by atoms with van der Waals surface area (Å²) in [4.78, 5) is 37.2. The number of aromatic nitrogens is 1. The Bertz CT molecular complexity index is 1260. The average molecular weight is 488 g/mol. The van der Waals surface area contributed by atoms with Gasteiger partial charge in [-0.1, -0.05) is 30.3 Å². The van der Waals surface area contributed by atoms with Gasteiger partial charge in [0, 0.05) is 50.3 Å². The monoisotopic (exact) mass is 487 g/mol. The Kier molecular flexibility index (Phi) is 7.16. The lowest BCUT2D eigenvalue weighted by Gasteiger charge is -2.35. The Balaban J connectivity index is 1.26. The number of pyridine rings is 1. The molecule has 0 aliphatic carbocycles. The number of ether oxygens (including phenoxy) is 1. The fourth-order valence-electron chi connectivity index (χ4n) is 4.85. The molecule has 188 valence electrons. The van der Waals surface area contributed by atoms with Crippen LogP contribution in [0.5, 0.6) is 0 Å². The fourth-order valence-corrected chi connectivity index (χ4v) is 4.85. The van der Waals surface area contributed by atoms with Crippen LogP contribution in [0, 0.1) is 13.8 Å². The summed E-state index contributed by atoms with van der Waals surface area (Å²) in [5, 5.41) is 3.93. The first-order chi connectivity index (χ1) is 17.5. The number of hydrogen-bond donors (Lipinski definition) is 1. The zero-order valence-corrected chi connectivity index (χ0v) is 21.0. The van der Waals surface area contributed by atoms with E-state index in [4.69, 9.17) is 9.72 Å². The Hall–Kier alpha value is -3.49. The minimum absolute atomic E-state index is 0.000579. The van der Waals surface area contributed by atoms with Gasteiger partial charge in [-0.2, -0.15) is 0 Å². The molecule has 2 aliphatic rings. The Morgan fingerprint density at radius 1 is 0.944 bits per heavy atom. The minimum atomic E-state index is -0.000579. The molecule has 0 radical (unpaired) electrons. The summed E-state index contributed by atoms with van der Waals surface area (Å²) in [7, 11) is 0. The van der Waals surface area contributed by atoms with Crippen molar-refractivity contribution in [2.45, 2.75) is 13.8 Å². The standard InChI is InChI=1S/C28H33N5O3/c1-20-6-5-9-24(21(20)2)30-27(34)19-31-10-12-32(13-11-31)26-18-23(22-7-3-4-8-25(22)29-26)28(35)33-14-16-36-17-15-33/h3-9,18H,10-17,19H2,1-2H3,(H,30,34). The molecule has 1 N–H and O–H groups in total. The first-order valence-electron chi connectivity index (χ1n) is 12.6. The second-order valence-corrected chi connectivity index (χ2v) is 9.51. The van der Waals surface area contributed by atoms with Crippen LogP contribution >= 0.6 is 0 Å². The van der Waals surface area contributed by atoms with Crippen molar-refractivity contribution in [3.05, 3.63) is 65.2 Å². The van der Waals surface area contributed by atoms with E-state index < -0.39 is 0 Å². The predicted molar refractivity (Wildman–Crippen MR) is 142 cm³/mol. The SMILES string of the molecule is Cc1cccc(NC(=O)CN2CCN(c3cc(C(=O)N4CCOCC4)c4ccccc4n3)CC2)c1C. The van der Waals surface area contributed by atoms with Crippen LogP contribution < -0.4 is 10.2 Å². The van der Waals surface area contributed by atoms with Crippen LogP contribution in [0.15, 0.2) is 48.5 Å². The number of para-hydroxylation sites is 1. The number of rotatable bonds is 5. The first-order valence-corrected chi connectivity index (χ1v) is 12.6. The molecule has 2 saturated heterocycles. The summed E-state index contributed by atoms with van der Waals surface area (Å²) in [6, 6.07) is 15.7. The molecule has 0 atom stereocenters. The number of benzene rings is 2.